The van der Waals surface area contributed by atoms with Crippen molar-refractivity contribution in [2.24, 2.45) is 0 Å². The summed E-state index contributed by atoms with van der Waals surface area (Å²) in [5.41, 5.74) is 1.84. The Hall–Kier alpha value is -3.39. The van der Waals surface area contributed by atoms with Gasteiger partial charge in [0.25, 0.3) is 5.91 Å². The van der Waals surface area contributed by atoms with E-state index in [1.807, 2.05) is 6.07 Å². The molecule has 0 aliphatic heterocycles. The molecule has 5 heteroatoms. The SMILES string of the molecule is CN(C)C(=O)COc1ccc(C(=O)/C=C/c2cccc(C#N)c2)cc1. The van der Waals surface area contributed by atoms with E-state index in [1.165, 1.54) is 11.0 Å². The Bertz CT molecular complexity index is 831. The highest BCUT2D eigenvalue weighted by molar-refractivity contribution is 6.06. The van der Waals surface area contributed by atoms with Gasteiger partial charge in [-0.25, -0.2) is 0 Å². The fourth-order valence-electron chi connectivity index (χ4n) is 1.97. The van der Waals surface area contributed by atoms with E-state index < -0.39 is 0 Å². The third-order valence-corrected chi connectivity index (χ3v) is 3.44. The third-order valence-electron chi connectivity index (χ3n) is 3.44. The number of hydrogen-bond donors (Lipinski definition) is 0. The first-order valence-electron chi connectivity index (χ1n) is 7.65. The summed E-state index contributed by atoms with van der Waals surface area (Å²) in [7, 11) is 3.32. The smallest absolute Gasteiger partial charge is 0.259 e. The molecule has 126 valence electrons. The minimum absolute atomic E-state index is 0.0462. The number of ether oxygens (including phenoxy) is 1. The largest absolute Gasteiger partial charge is 0.484 e. The van der Waals surface area contributed by atoms with Crippen molar-refractivity contribution in [2.45, 2.75) is 0 Å². The average Bonchev–Trinajstić information content (AvgIpc) is 2.64. The monoisotopic (exact) mass is 334 g/mol. The van der Waals surface area contributed by atoms with Crippen molar-refractivity contribution in [2.75, 3.05) is 20.7 Å². The van der Waals surface area contributed by atoms with Gasteiger partial charge in [0.1, 0.15) is 5.75 Å². The first kappa shape index (κ1) is 18.0. The lowest BCUT2D eigenvalue weighted by atomic mass is 10.1. The first-order chi connectivity index (χ1) is 12.0. The van der Waals surface area contributed by atoms with Gasteiger partial charge in [0.2, 0.25) is 0 Å². The lowest BCUT2D eigenvalue weighted by molar-refractivity contribution is -0.130. The van der Waals surface area contributed by atoms with E-state index in [0.717, 1.165) is 5.56 Å². The van der Waals surface area contributed by atoms with Gasteiger partial charge in [-0.3, -0.25) is 9.59 Å². The van der Waals surface area contributed by atoms with Crippen LogP contribution in [0.2, 0.25) is 0 Å². The number of hydrogen-bond acceptors (Lipinski definition) is 4. The van der Waals surface area contributed by atoms with Crippen LogP contribution in [-0.2, 0) is 4.79 Å². The highest BCUT2D eigenvalue weighted by atomic mass is 16.5. The second kappa shape index (κ2) is 8.46. The van der Waals surface area contributed by atoms with Crippen LogP contribution < -0.4 is 4.74 Å². The van der Waals surface area contributed by atoms with Crippen molar-refractivity contribution in [3.05, 3.63) is 71.3 Å². The zero-order valence-electron chi connectivity index (χ0n) is 14.1. The van der Waals surface area contributed by atoms with E-state index in [2.05, 4.69) is 6.07 Å². The molecule has 0 spiro atoms. The van der Waals surface area contributed by atoms with Crippen molar-refractivity contribution >= 4 is 17.8 Å². The Morgan fingerprint density at radius 2 is 1.88 bits per heavy atom. The molecule has 0 heterocycles. The van der Waals surface area contributed by atoms with Gasteiger partial charge in [-0.2, -0.15) is 5.26 Å². The Labute approximate surface area is 146 Å². The number of amides is 1. The summed E-state index contributed by atoms with van der Waals surface area (Å²) in [6, 6.07) is 15.7. The third kappa shape index (κ3) is 5.33. The van der Waals surface area contributed by atoms with Gasteiger partial charge in [-0.05, 0) is 48.0 Å². The second-order valence-electron chi connectivity index (χ2n) is 5.54. The summed E-state index contributed by atoms with van der Waals surface area (Å²) in [5.74, 6) is 0.235. The number of ketones is 1. The molecular weight excluding hydrogens is 316 g/mol. The number of benzene rings is 2. The number of likely N-dealkylation sites (N-methyl/N-ethyl adjacent to an activating group) is 1. The normalized spacial score (nSPS) is 10.3. The van der Waals surface area contributed by atoms with Gasteiger partial charge in [-0.1, -0.05) is 18.2 Å². The number of carbonyl (C=O) groups is 2. The van der Waals surface area contributed by atoms with Crippen LogP contribution in [0, 0.1) is 11.3 Å². The van der Waals surface area contributed by atoms with E-state index in [9.17, 15) is 9.59 Å². The molecule has 0 unspecified atom stereocenters. The molecule has 0 N–H and O–H groups in total. The van der Waals surface area contributed by atoms with Crippen molar-refractivity contribution in [1.82, 2.24) is 4.90 Å². The summed E-state index contributed by atoms with van der Waals surface area (Å²) < 4.78 is 5.37. The molecule has 5 nitrogen and oxygen atoms in total. The predicted molar refractivity (Wildman–Crippen MR) is 95.2 cm³/mol. The van der Waals surface area contributed by atoms with Crippen LogP contribution >= 0.6 is 0 Å². The maximum absolute atomic E-state index is 12.2. The first-order valence-corrected chi connectivity index (χ1v) is 7.65. The van der Waals surface area contributed by atoms with Gasteiger partial charge in [0.15, 0.2) is 12.4 Å². The van der Waals surface area contributed by atoms with Gasteiger partial charge in [-0.15, -0.1) is 0 Å². The molecule has 0 atom stereocenters. The van der Waals surface area contributed by atoms with E-state index in [-0.39, 0.29) is 18.3 Å². The van der Waals surface area contributed by atoms with Crippen LogP contribution in [0.5, 0.6) is 5.75 Å². The van der Waals surface area contributed by atoms with Gasteiger partial charge >= 0.3 is 0 Å². The van der Waals surface area contributed by atoms with E-state index in [0.29, 0.717) is 16.9 Å². The van der Waals surface area contributed by atoms with Crippen LogP contribution in [0.3, 0.4) is 0 Å². The summed E-state index contributed by atoms with van der Waals surface area (Å²) >= 11 is 0. The molecule has 0 saturated heterocycles. The molecule has 2 aromatic rings. The standard InChI is InChI=1S/C20H18N2O3/c1-22(2)20(24)14-25-18-9-7-17(8-10-18)19(23)11-6-15-4-3-5-16(12-15)13-21/h3-12H,14H2,1-2H3/b11-6+. The molecule has 25 heavy (non-hydrogen) atoms. The molecule has 0 fully saturated rings. The number of rotatable bonds is 6. The van der Waals surface area contributed by atoms with Gasteiger partial charge in [0.05, 0.1) is 11.6 Å². The fourth-order valence-corrected chi connectivity index (χ4v) is 1.97. The fraction of sp³-hybridized carbons (Fsp3) is 0.150. The highest BCUT2D eigenvalue weighted by Crippen LogP contribution is 2.14. The topological polar surface area (TPSA) is 70.4 Å². The zero-order chi connectivity index (χ0) is 18.2. The van der Waals surface area contributed by atoms with Gasteiger partial charge < -0.3 is 9.64 Å². The average molecular weight is 334 g/mol. The van der Waals surface area contributed by atoms with Crippen LogP contribution in [0.25, 0.3) is 6.08 Å². The van der Waals surface area contributed by atoms with Crippen LogP contribution in [0.1, 0.15) is 21.5 Å². The maximum atomic E-state index is 12.2. The van der Waals surface area contributed by atoms with Crippen molar-refractivity contribution in [3.8, 4) is 11.8 Å². The summed E-state index contributed by atoms with van der Waals surface area (Å²) in [6.45, 7) is -0.0462. The summed E-state index contributed by atoms with van der Waals surface area (Å²) in [5, 5.41) is 8.88. The highest BCUT2D eigenvalue weighted by Gasteiger charge is 2.06. The van der Waals surface area contributed by atoms with Crippen molar-refractivity contribution < 1.29 is 14.3 Å². The molecule has 0 radical (unpaired) electrons. The second-order valence-corrected chi connectivity index (χ2v) is 5.54. The quantitative estimate of drug-likeness (QED) is 0.601. The lowest BCUT2D eigenvalue weighted by Gasteiger charge is -2.11. The molecule has 2 aromatic carbocycles. The number of carbonyl (C=O) groups excluding carboxylic acids is 2. The molecule has 0 bridgehead atoms. The van der Waals surface area contributed by atoms with E-state index >= 15 is 0 Å². The van der Waals surface area contributed by atoms with Gasteiger partial charge in [0, 0.05) is 19.7 Å². The minimum atomic E-state index is -0.154. The minimum Gasteiger partial charge on any atom is -0.484 e. The Kier molecular flexibility index (Phi) is 6.08. The van der Waals surface area contributed by atoms with Crippen LogP contribution in [0.4, 0.5) is 0 Å². The van der Waals surface area contributed by atoms with E-state index in [1.54, 1.807) is 62.6 Å². The Balaban J connectivity index is 1.99. The maximum Gasteiger partial charge on any atom is 0.259 e. The molecule has 0 aromatic heterocycles. The summed E-state index contributed by atoms with van der Waals surface area (Å²) in [4.78, 5) is 25.1. The molecule has 0 aliphatic rings. The Morgan fingerprint density at radius 3 is 2.52 bits per heavy atom. The molecule has 1 amide bonds. The number of nitriles is 1. The van der Waals surface area contributed by atoms with E-state index in [4.69, 9.17) is 10.00 Å². The predicted octanol–water partition coefficient (Wildman–Crippen LogP) is 2.92. The summed E-state index contributed by atoms with van der Waals surface area (Å²) in [6.07, 6.45) is 3.13. The van der Waals surface area contributed by atoms with Crippen LogP contribution in [-0.4, -0.2) is 37.3 Å². The lowest BCUT2D eigenvalue weighted by Crippen LogP contribution is -2.27. The number of allylic oxidation sites excluding steroid dienone is 1. The molecule has 2 rings (SSSR count). The number of nitrogens with zero attached hydrogens (tertiary/aromatic N) is 2. The van der Waals surface area contributed by atoms with Crippen LogP contribution in [0.15, 0.2) is 54.6 Å². The Morgan fingerprint density at radius 1 is 1.16 bits per heavy atom. The zero-order valence-corrected chi connectivity index (χ0v) is 14.1. The molecule has 0 aliphatic carbocycles. The van der Waals surface area contributed by atoms with Crippen molar-refractivity contribution in [1.29, 1.82) is 5.26 Å². The molecular formula is C20H18N2O3. The molecule has 0 saturated carbocycles. The van der Waals surface area contributed by atoms with Crippen molar-refractivity contribution in [3.63, 3.8) is 0 Å².